The molecule has 0 unspecified atom stereocenters. The van der Waals surface area contributed by atoms with Gasteiger partial charge in [-0.2, -0.15) is 4.98 Å². The molecule has 0 aliphatic carbocycles. The van der Waals surface area contributed by atoms with Crippen molar-refractivity contribution in [1.29, 1.82) is 0 Å². The monoisotopic (exact) mass is 303 g/mol. The molecule has 0 saturated heterocycles. The van der Waals surface area contributed by atoms with E-state index in [0.717, 1.165) is 0 Å². The van der Waals surface area contributed by atoms with Gasteiger partial charge in [-0.3, -0.25) is 0 Å². The molecular weight excluding hydrogens is 294 g/mol. The lowest BCUT2D eigenvalue weighted by molar-refractivity contribution is 0.429. The summed E-state index contributed by atoms with van der Waals surface area (Å²) in [6, 6.07) is 1.05. The van der Waals surface area contributed by atoms with E-state index in [9.17, 15) is 8.42 Å². The van der Waals surface area contributed by atoms with Crippen LogP contribution in [0.5, 0.6) is 0 Å². The lowest BCUT2D eigenvalue weighted by Crippen LogP contribution is -2.14. The van der Waals surface area contributed by atoms with Crippen molar-refractivity contribution in [3.8, 4) is 0 Å². The highest BCUT2D eigenvalue weighted by molar-refractivity contribution is 7.92. The Morgan fingerprint density at radius 1 is 1.42 bits per heavy atom. The van der Waals surface area contributed by atoms with Crippen LogP contribution in [0.2, 0.25) is 5.02 Å². The number of aromatic nitrogens is 3. The number of hydrogen-bond donors (Lipinski definition) is 2. The van der Waals surface area contributed by atoms with E-state index in [-0.39, 0.29) is 15.9 Å². The molecular formula is C9H10ClN5O3S. The Bertz CT molecular complexity index is 700. The van der Waals surface area contributed by atoms with Gasteiger partial charge in [-0.1, -0.05) is 16.8 Å². The molecule has 2 N–H and O–H groups in total. The summed E-state index contributed by atoms with van der Waals surface area (Å²) in [6.45, 7) is 1.57. The highest BCUT2D eigenvalue weighted by Crippen LogP contribution is 2.23. The Balaban J connectivity index is 2.31. The number of pyridine rings is 1. The molecule has 0 spiro atoms. The van der Waals surface area contributed by atoms with Crippen molar-refractivity contribution in [2.24, 2.45) is 0 Å². The van der Waals surface area contributed by atoms with Crippen molar-refractivity contribution in [2.45, 2.75) is 11.8 Å². The maximum absolute atomic E-state index is 12.0. The molecule has 0 aromatic carbocycles. The Morgan fingerprint density at radius 2 is 2.16 bits per heavy atom. The van der Waals surface area contributed by atoms with Gasteiger partial charge in [0.25, 0.3) is 10.0 Å². The number of nitrogens with one attached hydrogen (secondary N) is 2. The third-order valence-electron chi connectivity index (χ3n) is 2.11. The summed E-state index contributed by atoms with van der Waals surface area (Å²) < 4.78 is 30.8. The second-order valence-electron chi connectivity index (χ2n) is 3.50. The van der Waals surface area contributed by atoms with Gasteiger partial charge in [-0.15, -0.1) is 0 Å². The van der Waals surface area contributed by atoms with E-state index in [0.29, 0.717) is 11.6 Å². The molecule has 0 radical (unpaired) electrons. The van der Waals surface area contributed by atoms with Gasteiger partial charge in [0.05, 0.1) is 5.02 Å². The molecule has 102 valence electrons. The molecule has 0 aliphatic heterocycles. The van der Waals surface area contributed by atoms with Crippen LogP contribution in [0.4, 0.5) is 11.8 Å². The SMILES string of the molecule is CNc1ncc(S(=O)(=O)Nc2nc(C)no2)cc1Cl. The molecule has 0 aliphatic rings. The van der Waals surface area contributed by atoms with Gasteiger partial charge in [0.2, 0.25) is 0 Å². The van der Waals surface area contributed by atoms with E-state index in [4.69, 9.17) is 11.6 Å². The maximum Gasteiger partial charge on any atom is 0.335 e. The van der Waals surface area contributed by atoms with E-state index in [1.54, 1.807) is 14.0 Å². The predicted octanol–water partition coefficient (Wildman–Crippen LogP) is 1.27. The molecule has 0 bridgehead atoms. The fourth-order valence-electron chi connectivity index (χ4n) is 1.26. The van der Waals surface area contributed by atoms with Crippen LogP contribution >= 0.6 is 11.6 Å². The molecule has 2 heterocycles. The Labute approximate surface area is 114 Å². The largest absolute Gasteiger partial charge is 0.372 e. The van der Waals surface area contributed by atoms with Crippen LogP contribution in [-0.4, -0.2) is 30.6 Å². The van der Waals surface area contributed by atoms with Gasteiger partial charge < -0.3 is 9.84 Å². The van der Waals surface area contributed by atoms with E-state index in [1.807, 2.05) is 0 Å². The third kappa shape index (κ3) is 2.93. The van der Waals surface area contributed by atoms with Crippen molar-refractivity contribution in [3.63, 3.8) is 0 Å². The molecule has 2 aromatic heterocycles. The molecule has 2 rings (SSSR count). The number of hydrogen-bond acceptors (Lipinski definition) is 7. The number of nitrogens with zero attached hydrogens (tertiary/aromatic N) is 3. The Morgan fingerprint density at radius 3 is 2.68 bits per heavy atom. The number of rotatable bonds is 4. The summed E-state index contributed by atoms with van der Waals surface area (Å²) in [7, 11) is -2.24. The van der Waals surface area contributed by atoms with Gasteiger partial charge in [0.1, 0.15) is 10.7 Å². The van der Waals surface area contributed by atoms with Crippen molar-refractivity contribution in [3.05, 3.63) is 23.1 Å². The minimum Gasteiger partial charge on any atom is -0.372 e. The van der Waals surface area contributed by atoms with Gasteiger partial charge in [-0.25, -0.2) is 18.1 Å². The summed E-state index contributed by atoms with van der Waals surface area (Å²) >= 11 is 5.87. The van der Waals surface area contributed by atoms with Gasteiger partial charge in [0, 0.05) is 13.2 Å². The first-order valence-corrected chi connectivity index (χ1v) is 6.95. The lowest BCUT2D eigenvalue weighted by Gasteiger charge is -2.06. The van der Waals surface area contributed by atoms with Crippen LogP contribution in [0.15, 0.2) is 21.7 Å². The Kier molecular flexibility index (Phi) is 3.58. The van der Waals surface area contributed by atoms with E-state index < -0.39 is 10.0 Å². The zero-order chi connectivity index (χ0) is 14.0. The van der Waals surface area contributed by atoms with Crippen LogP contribution in [0.25, 0.3) is 0 Å². The quantitative estimate of drug-likeness (QED) is 0.875. The standard InChI is InChI=1S/C9H10ClN5O3S/c1-5-13-9(18-14-5)15-19(16,17)6-3-7(10)8(11-2)12-4-6/h3-4H,1-2H3,(H,11,12)(H,13,14,15). The minimum absolute atomic E-state index is 0.104. The van der Waals surface area contributed by atoms with Crippen molar-refractivity contribution >= 4 is 33.5 Å². The highest BCUT2D eigenvalue weighted by Gasteiger charge is 2.19. The number of halogens is 1. The Hall–Kier alpha value is -1.87. The fraction of sp³-hybridized carbons (Fsp3) is 0.222. The predicted molar refractivity (Wildman–Crippen MR) is 68.6 cm³/mol. The number of sulfonamides is 1. The van der Waals surface area contributed by atoms with Crippen LogP contribution in [-0.2, 0) is 10.0 Å². The molecule has 10 heteroatoms. The molecule has 8 nitrogen and oxygen atoms in total. The summed E-state index contributed by atoms with van der Waals surface area (Å²) in [5, 5.41) is 6.39. The zero-order valence-electron chi connectivity index (χ0n) is 10.0. The van der Waals surface area contributed by atoms with Crippen LogP contribution in [0.3, 0.4) is 0 Å². The first kappa shape index (κ1) is 13.6. The summed E-state index contributed by atoms with van der Waals surface area (Å²) in [4.78, 5) is 7.52. The zero-order valence-corrected chi connectivity index (χ0v) is 11.6. The fourth-order valence-corrected chi connectivity index (χ4v) is 2.48. The third-order valence-corrected chi connectivity index (χ3v) is 3.69. The second kappa shape index (κ2) is 5.02. The summed E-state index contributed by atoms with van der Waals surface area (Å²) in [5.41, 5.74) is 0. The van der Waals surface area contributed by atoms with Crippen LogP contribution in [0, 0.1) is 6.92 Å². The average molecular weight is 304 g/mol. The van der Waals surface area contributed by atoms with Crippen molar-refractivity contribution in [2.75, 3.05) is 17.1 Å². The molecule has 2 aromatic rings. The molecule has 0 atom stereocenters. The van der Waals surface area contributed by atoms with Gasteiger partial charge >= 0.3 is 6.01 Å². The molecule has 19 heavy (non-hydrogen) atoms. The normalized spacial score (nSPS) is 11.3. The summed E-state index contributed by atoms with van der Waals surface area (Å²) in [5.74, 6) is 0.702. The highest BCUT2D eigenvalue weighted by atomic mass is 35.5. The lowest BCUT2D eigenvalue weighted by atomic mass is 10.4. The number of aryl methyl sites for hydroxylation is 1. The molecule has 0 saturated carbocycles. The van der Waals surface area contributed by atoms with Crippen molar-refractivity contribution < 1.29 is 12.9 Å². The molecule has 0 amide bonds. The maximum atomic E-state index is 12.0. The van der Waals surface area contributed by atoms with E-state index in [1.165, 1.54) is 12.3 Å². The van der Waals surface area contributed by atoms with Gasteiger partial charge in [-0.05, 0) is 13.0 Å². The topological polar surface area (TPSA) is 110 Å². The van der Waals surface area contributed by atoms with Crippen molar-refractivity contribution in [1.82, 2.24) is 15.1 Å². The first-order chi connectivity index (χ1) is 8.92. The summed E-state index contributed by atoms with van der Waals surface area (Å²) in [6.07, 6.45) is 1.17. The smallest absolute Gasteiger partial charge is 0.335 e. The minimum atomic E-state index is -3.87. The van der Waals surface area contributed by atoms with Crippen LogP contribution in [0.1, 0.15) is 5.82 Å². The van der Waals surface area contributed by atoms with Gasteiger partial charge in [0.15, 0.2) is 5.82 Å². The first-order valence-electron chi connectivity index (χ1n) is 5.09. The second-order valence-corrected chi connectivity index (χ2v) is 5.59. The van der Waals surface area contributed by atoms with E-state index in [2.05, 4.69) is 29.7 Å². The number of anilines is 2. The average Bonchev–Trinajstić information content (AvgIpc) is 2.73. The van der Waals surface area contributed by atoms with Crippen LogP contribution < -0.4 is 10.0 Å². The molecule has 0 fully saturated rings. The van der Waals surface area contributed by atoms with E-state index >= 15 is 0 Å².